The molecule has 1 rings (SSSR count). The van der Waals surface area contributed by atoms with Crippen LogP contribution in [0, 0.1) is 10.8 Å². The number of nitrogens with zero attached hydrogens (tertiary/aromatic N) is 2. The van der Waals surface area contributed by atoms with Gasteiger partial charge in [-0.2, -0.15) is 5.11 Å². The fraction of sp³-hybridized carbons (Fsp3) is 0.429. The molecule has 2 nitrogen and oxygen atoms in total. The molecule has 1 aliphatic rings. The van der Waals surface area contributed by atoms with Crippen molar-refractivity contribution in [1.82, 2.24) is 0 Å². The number of halogens is 1. The summed E-state index contributed by atoms with van der Waals surface area (Å²) in [7, 11) is 0. The molecule has 1 heterocycles. The van der Waals surface area contributed by atoms with Crippen molar-refractivity contribution in [2.45, 2.75) is 19.4 Å². The molecule has 0 aromatic rings. The second-order valence-corrected chi connectivity index (χ2v) is 3.00. The third kappa shape index (κ3) is 1.68. The standard InChI is InChI=1S/C7H7BrN2/c1-7(2)5-6(3-4-8)9-10-7/h5H,1-2H3. The van der Waals surface area contributed by atoms with Crippen molar-refractivity contribution >= 4 is 15.9 Å². The molecular formula is C7H7BrN2. The van der Waals surface area contributed by atoms with Crippen molar-refractivity contribution in [2.75, 3.05) is 0 Å². The first-order valence-corrected chi connectivity index (χ1v) is 3.71. The normalized spacial score (nSPS) is 19.7. The maximum atomic E-state index is 3.98. The summed E-state index contributed by atoms with van der Waals surface area (Å²) in [5.74, 6) is 2.77. The van der Waals surface area contributed by atoms with E-state index in [1.165, 1.54) is 0 Å². The van der Waals surface area contributed by atoms with Crippen LogP contribution in [0.2, 0.25) is 0 Å². The Balaban J connectivity index is 2.84. The first kappa shape index (κ1) is 7.49. The number of rotatable bonds is 0. The molecule has 0 atom stereocenters. The van der Waals surface area contributed by atoms with Gasteiger partial charge in [0.15, 0.2) is 0 Å². The van der Waals surface area contributed by atoms with Crippen LogP contribution in [-0.2, 0) is 0 Å². The molecule has 52 valence electrons. The summed E-state index contributed by atoms with van der Waals surface area (Å²) < 4.78 is 0. The first-order chi connectivity index (χ1) is 4.64. The zero-order chi connectivity index (χ0) is 7.61. The van der Waals surface area contributed by atoms with Gasteiger partial charge in [-0.1, -0.05) is 0 Å². The summed E-state index contributed by atoms with van der Waals surface area (Å²) in [4.78, 5) is 2.59. The van der Waals surface area contributed by atoms with Gasteiger partial charge in [-0.15, -0.1) is 5.11 Å². The lowest BCUT2D eigenvalue weighted by Gasteiger charge is -2.04. The maximum absolute atomic E-state index is 3.98. The van der Waals surface area contributed by atoms with Gasteiger partial charge in [0, 0.05) is 15.9 Å². The molecule has 0 spiro atoms. The lowest BCUT2D eigenvalue weighted by Crippen LogP contribution is -2.07. The molecule has 0 aromatic heterocycles. The molecule has 0 saturated carbocycles. The highest BCUT2D eigenvalue weighted by Gasteiger charge is 2.18. The van der Waals surface area contributed by atoms with Crippen LogP contribution in [0.4, 0.5) is 0 Å². The summed E-state index contributed by atoms with van der Waals surface area (Å²) in [6.07, 6.45) is 1.93. The van der Waals surface area contributed by atoms with E-state index in [1.807, 2.05) is 19.9 Å². The van der Waals surface area contributed by atoms with Crippen LogP contribution in [0.15, 0.2) is 22.0 Å². The molecule has 10 heavy (non-hydrogen) atoms. The highest BCUT2D eigenvalue weighted by Crippen LogP contribution is 2.21. The Bertz CT molecular complexity index is 253. The topological polar surface area (TPSA) is 24.7 Å². The Morgan fingerprint density at radius 2 is 2.30 bits per heavy atom. The summed E-state index contributed by atoms with van der Waals surface area (Å²) >= 11 is 2.99. The van der Waals surface area contributed by atoms with E-state index in [0.717, 1.165) is 5.70 Å². The zero-order valence-corrected chi connectivity index (χ0v) is 7.44. The van der Waals surface area contributed by atoms with Gasteiger partial charge in [-0.3, -0.25) is 0 Å². The van der Waals surface area contributed by atoms with Crippen molar-refractivity contribution in [3.8, 4) is 10.8 Å². The molecule has 1 aliphatic heterocycles. The molecule has 0 amide bonds. The Labute approximate surface area is 68.5 Å². The van der Waals surface area contributed by atoms with Crippen molar-refractivity contribution in [3.05, 3.63) is 11.8 Å². The smallest absolute Gasteiger partial charge is 0.134 e. The third-order valence-corrected chi connectivity index (χ3v) is 1.28. The van der Waals surface area contributed by atoms with Crippen molar-refractivity contribution in [2.24, 2.45) is 10.2 Å². The highest BCUT2D eigenvalue weighted by molar-refractivity contribution is 9.12. The average molecular weight is 199 g/mol. The van der Waals surface area contributed by atoms with E-state index < -0.39 is 0 Å². The summed E-state index contributed by atoms with van der Waals surface area (Å²) in [6.45, 7) is 3.97. The second-order valence-electron chi connectivity index (χ2n) is 2.60. The molecule has 0 saturated heterocycles. The fourth-order valence-electron chi connectivity index (χ4n) is 0.685. The third-order valence-electron chi connectivity index (χ3n) is 1.08. The minimum atomic E-state index is -0.161. The van der Waals surface area contributed by atoms with Gasteiger partial charge < -0.3 is 0 Å². The van der Waals surface area contributed by atoms with Crippen LogP contribution >= 0.6 is 15.9 Å². The van der Waals surface area contributed by atoms with Crippen molar-refractivity contribution in [1.29, 1.82) is 0 Å². The van der Waals surface area contributed by atoms with Gasteiger partial charge in [-0.05, 0) is 30.7 Å². The van der Waals surface area contributed by atoms with Crippen LogP contribution in [0.3, 0.4) is 0 Å². The van der Waals surface area contributed by atoms with E-state index in [-0.39, 0.29) is 5.54 Å². The predicted octanol–water partition coefficient (Wildman–Crippen LogP) is 2.47. The largest absolute Gasteiger partial charge is 0.178 e. The lowest BCUT2D eigenvalue weighted by atomic mass is 10.1. The molecule has 0 N–H and O–H groups in total. The number of hydrogen-bond donors (Lipinski definition) is 0. The molecule has 0 aliphatic carbocycles. The van der Waals surface area contributed by atoms with Crippen LogP contribution in [0.25, 0.3) is 0 Å². The Morgan fingerprint density at radius 1 is 1.60 bits per heavy atom. The van der Waals surface area contributed by atoms with Crippen LogP contribution in [-0.4, -0.2) is 5.54 Å². The monoisotopic (exact) mass is 198 g/mol. The summed E-state index contributed by atoms with van der Waals surface area (Å²) in [6, 6.07) is 0. The highest BCUT2D eigenvalue weighted by atomic mass is 79.9. The van der Waals surface area contributed by atoms with E-state index in [2.05, 4.69) is 36.9 Å². The van der Waals surface area contributed by atoms with Gasteiger partial charge in [-0.25, -0.2) is 0 Å². The molecule has 0 fully saturated rings. The second kappa shape index (κ2) is 2.55. The molecule has 3 heteroatoms. The van der Waals surface area contributed by atoms with Gasteiger partial charge in [0.25, 0.3) is 0 Å². The van der Waals surface area contributed by atoms with Crippen LogP contribution < -0.4 is 0 Å². The Hall–Kier alpha value is -0.620. The van der Waals surface area contributed by atoms with Gasteiger partial charge >= 0.3 is 0 Å². The van der Waals surface area contributed by atoms with Crippen LogP contribution in [0.5, 0.6) is 0 Å². The summed E-state index contributed by atoms with van der Waals surface area (Å²) in [5, 5.41) is 7.84. The molecule has 0 radical (unpaired) electrons. The Kier molecular flexibility index (Phi) is 1.91. The van der Waals surface area contributed by atoms with Crippen molar-refractivity contribution < 1.29 is 0 Å². The van der Waals surface area contributed by atoms with E-state index in [1.54, 1.807) is 0 Å². The van der Waals surface area contributed by atoms with Crippen LogP contribution in [0.1, 0.15) is 13.8 Å². The molecular weight excluding hydrogens is 192 g/mol. The van der Waals surface area contributed by atoms with E-state index in [0.29, 0.717) is 0 Å². The average Bonchev–Trinajstić information content (AvgIpc) is 2.12. The number of allylic oxidation sites excluding steroid dienone is 1. The minimum Gasteiger partial charge on any atom is -0.178 e. The SMILES string of the molecule is CC1(C)C=C(C#CBr)N=N1. The first-order valence-electron chi connectivity index (χ1n) is 2.91. The fourth-order valence-corrected chi connectivity index (χ4v) is 0.888. The minimum absolute atomic E-state index is 0.161. The Morgan fingerprint density at radius 3 is 2.70 bits per heavy atom. The van der Waals surface area contributed by atoms with E-state index in [9.17, 15) is 0 Å². The van der Waals surface area contributed by atoms with Gasteiger partial charge in [0.05, 0.1) is 5.54 Å². The number of hydrogen-bond acceptors (Lipinski definition) is 2. The van der Waals surface area contributed by atoms with Gasteiger partial charge in [0.1, 0.15) is 5.70 Å². The zero-order valence-electron chi connectivity index (χ0n) is 5.85. The lowest BCUT2D eigenvalue weighted by molar-refractivity contribution is 0.644. The molecule has 0 aromatic carbocycles. The van der Waals surface area contributed by atoms with Gasteiger partial charge in [0.2, 0.25) is 0 Å². The van der Waals surface area contributed by atoms with Crippen molar-refractivity contribution in [3.63, 3.8) is 0 Å². The van der Waals surface area contributed by atoms with E-state index in [4.69, 9.17) is 0 Å². The summed E-state index contributed by atoms with van der Waals surface area (Å²) in [5.41, 5.74) is 0.577. The predicted molar refractivity (Wildman–Crippen MR) is 43.7 cm³/mol. The maximum Gasteiger partial charge on any atom is 0.134 e. The molecule has 0 unspecified atom stereocenters. The molecule has 0 bridgehead atoms. The quantitative estimate of drug-likeness (QED) is 0.535. The number of azo groups is 1. The van der Waals surface area contributed by atoms with E-state index >= 15 is 0 Å².